The molecule has 98 valence electrons. The van der Waals surface area contributed by atoms with Gasteiger partial charge in [0.15, 0.2) is 23.1 Å². The molecule has 0 spiro atoms. The maximum atomic E-state index is 13.7. The largest absolute Gasteiger partial charge is 0.476 e. The summed E-state index contributed by atoms with van der Waals surface area (Å²) >= 11 is 0. The molecule has 1 heterocycles. The number of benzene rings is 1. The van der Waals surface area contributed by atoms with E-state index in [-0.39, 0.29) is 11.3 Å². The number of carbonyl (C=O) groups is 1. The Hall–Kier alpha value is -2.57. The molecule has 2 aromatic rings. The molecule has 0 radical (unpaired) electrons. The second kappa shape index (κ2) is 4.60. The van der Waals surface area contributed by atoms with Crippen LogP contribution in [0.15, 0.2) is 24.4 Å². The van der Waals surface area contributed by atoms with Gasteiger partial charge in [-0.25, -0.2) is 22.9 Å². The second-order valence-electron chi connectivity index (χ2n) is 3.65. The van der Waals surface area contributed by atoms with E-state index in [0.29, 0.717) is 6.07 Å². The summed E-state index contributed by atoms with van der Waals surface area (Å²) in [5, 5.41) is 8.96. The fourth-order valence-electron chi connectivity index (χ4n) is 1.64. The van der Waals surface area contributed by atoms with E-state index in [9.17, 15) is 18.0 Å². The molecule has 0 aliphatic carbocycles. The fourth-order valence-corrected chi connectivity index (χ4v) is 1.64. The fraction of sp³-hybridized carbons (Fsp3) is 0. The van der Waals surface area contributed by atoms with Crippen molar-refractivity contribution in [3.05, 3.63) is 47.5 Å². The molecule has 3 N–H and O–H groups in total. The average molecular weight is 268 g/mol. The van der Waals surface area contributed by atoms with Gasteiger partial charge in [-0.3, -0.25) is 0 Å². The standard InChI is InChI=1S/C12H7F3N2O2/c13-6-2-1-5(9(14)10(6)15)8-7(16)3-4-17-11(8)12(18)19/h1-4H,(H2,16,17)(H,18,19). The van der Waals surface area contributed by atoms with Crippen LogP contribution in [0.4, 0.5) is 18.9 Å². The number of aromatic carboxylic acids is 1. The Kier molecular flexibility index (Phi) is 3.12. The monoisotopic (exact) mass is 268 g/mol. The first-order valence-electron chi connectivity index (χ1n) is 5.05. The molecule has 2 rings (SSSR count). The molecule has 0 atom stereocenters. The first-order chi connectivity index (χ1) is 8.93. The molecule has 4 nitrogen and oxygen atoms in total. The summed E-state index contributed by atoms with van der Waals surface area (Å²) in [5.74, 6) is -6.04. The van der Waals surface area contributed by atoms with E-state index in [1.165, 1.54) is 6.07 Å². The summed E-state index contributed by atoms with van der Waals surface area (Å²) in [7, 11) is 0. The van der Waals surface area contributed by atoms with Crippen LogP contribution in [0.3, 0.4) is 0 Å². The third-order valence-electron chi connectivity index (χ3n) is 2.49. The van der Waals surface area contributed by atoms with Crippen molar-refractivity contribution in [1.29, 1.82) is 0 Å². The minimum absolute atomic E-state index is 0.0997. The van der Waals surface area contributed by atoms with Gasteiger partial charge in [-0.2, -0.15) is 0 Å². The Morgan fingerprint density at radius 3 is 2.47 bits per heavy atom. The molecule has 19 heavy (non-hydrogen) atoms. The van der Waals surface area contributed by atoms with E-state index in [4.69, 9.17) is 10.8 Å². The molecule has 0 fully saturated rings. The smallest absolute Gasteiger partial charge is 0.355 e. The summed E-state index contributed by atoms with van der Waals surface area (Å²) in [6, 6.07) is 2.84. The van der Waals surface area contributed by atoms with Gasteiger partial charge >= 0.3 is 5.97 Å². The molecule has 0 saturated carbocycles. The van der Waals surface area contributed by atoms with Gasteiger partial charge < -0.3 is 10.8 Å². The van der Waals surface area contributed by atoms with Crippen LogP contribution in [0.25, 0.3) is 11.1 Å². The van der Waals surface area contributed by atoms with E-state index in [1.807, 2.05) is 0 Å². The van der Waals surface area contributed by atoms with Gasteiger partial charge in [-0.05, 0) is 18.2 Å². The lowest BCUT2D eigenvalue weighted by Crippen LogP contribution is -2.07. The first-order valence-corrected chi connectivity index (χ1v) is 5.05. The Balaban J connectivity index is 2.79. The van der Waals surface area contributed by atoms with Crippen molar-refractivity contribution >= 4 is 11.7 Å². The number of carboxylic acid groups (broad SMARTS) is 1. The average Bonchev–Trinajstić information content (AvgIpc) is 2.37. The number of nitrogens with zero attached hydrogens (tertiary/aromatic N) is 1. The van der Waals surface area contributed by atoms with Gasteiger partial charge in [0.05, 0.1) is 0 Å². The highest BCUT2D eigenvalue weighted by molar-refractivity contribution is 5.97. The molecule has 1 aromatic heterocycles. The number of halogens is 3. The minimum atomic E-state index is -1.70. The Morgan fingerprint density at radius 2 is 1.84 bits per heavy atom. The number of hydrogen-bond acceptors (Lipinski definition) is 3. The van der Waals surface area contributed by atoms with Gasteiger partial charge in [0.25, 0.3) is 0 Å². The van der Waals surface area contributed by atoms with Crippen molar-refractivity contribution in [3.8, 4) is 11.1 Å². The molecule has 0 bridgehead atoms. The van der Waals surface area contributed by atoms with Crippen molar-refractivity contribution < 1.29 is 23.1 Å². The van der Waals surface area contributed by atoms with Gasteiger partial charge in [0.2, 0.25) is 0 Å². The third-order valence-corrected chi connectivity index (χ3v) is 2.49. The van der Waals surface area contributed by atoms with Gasteiger partial charge in [0.1, 0.15) is 0 Å². The van der Waals surface area contributed by atoms with Crippen molar-refractivity contribution in [1.82, 2.24) is 4.98 Å². The number of pyridine rings is 1. The quantitative estimate of drug-likeness (QED) is 0.820. The van der Waals surface area contributed by atoms with Crippen LogP contribution >= 0.6 is 0 Å². The van der Waals surface area contributed by atoms with Gasteiger partial charge in [-0.15, -0.1) is 0 Å². The van der Waals surface area contributed by atoms with Crippen LogP contribution in [-0.4, -0.2) is 16.1 Å². The van der Waals surface area contributed by atoms with Crippen LogP contribution in [0.5, 0.6) is 0 Å². The number of hydrogen-bond donors (Lipinski definition) is 2. The van der Waals surface area contributed by atoms with Gasteiger partial charge in [-0.1, -0.05) is 0 Å². The number of rotatable bonds is 2. The SMILES string of the molecule is Nc1ccnc(C(=O)O)c1-c1ccc(F)c(F)c1F. The molecular formula is C12H7F3N2O2. The zero-order valence-electron chi connectivity index (χ0n) is 9.32. The van der Waals surface area contributed by atoms with Crippen LogP contribution in [0, 0.1) is 17.5 Å². The van der Waals surface area contributed by atoms with E-state index in [1.54, 1.807) is 0 Å². The third kappa shape index (κ3) is 2.10. The van der Waals surface area contributed by atoms with E-state index >= 15 is 0 Å². The van der Waals surface area contributed by atoms with Crippen LogP contribution in [0.1, 0.15) is 10.5 Å². The Morgan fingerprint density at radius 1 is 1.16 bits per heavy atom. The summed E-state index contributed by atoms with van der Waals surface area (Å²) in [5.41, 5.74) is 4.18. The molecule has 0 aliphatic rings. The number of aromatic nitrogens is 1. The zero-order chi connectivity index (χ0) is 14.2. The Bertz CT molecular complexity index is 674. The normalized spacial score (nSPS) is 10.5. The van der Waals surface area contributed by atoms with Crippen molar-refractivity contribution in [2.45, 2.75) is 0 Å². The molecule has 0 unspecified atom stereocenters. The minimum Gasteiger partial charge on any atom is -0.476 e. The Labute approximate surface area is 105 Å². The molecule has 0 amide bonds. The maximum absolute atomic E-state index is 13.7. The van der Waals surface area contributed by atoms with E-state index in [2.05, 4.69) is 4.98 Å². The lowest BCUT2D eigenvalue weighted by Gasteiger charge is -2.10. The van der Waals surface area contributed by atoms with Crippen molar-refractivity contribution in [3.63, 3.8) is 0 Å². The zero-order valence-corrected chi connectivity index (χ0v) is 9.32. The second-order valence-corrected chi connectivity index (χ2v) is 3.65. The molecule has 1 aromatic carbocycles. The summed E-state index contributed by atoms with van der Waals surface area (Å²) in [4.78, 5) is 14.5. The lowest BCUT2D eigenvalue weighted by atomic mass is 10.0. The van der Waals surface area contributed by atoms with Crippen molar-refractivity contribution in [2.24, 2.45) is 0 Å². The highest BCUT2D eigenvalue weighted by Gasteiger charge is 2.22. The highest BCUT2D eigenvalue weighted by Crippen LogP contribution is 2.32. The highest BCUT2D eigenvalue weighted by atomic mass is 19.2. The van der Waals surface area contributed by atoms with Crippen LogP contribution in [-0.2, 0) is 0 Å². The summed E-state index contributed by atoms with van der Waals surface area (Å²) in [6.45, 7) is 0. The molecule has 0 saturated heterocycles. The molecule has 7 heteroatoms. The van der Waals surface area contributed by atoms with Gasteiger partial charge in [0, 0.05) is 23.0 Å². The first kappa shape index (κ1) is 12.9. The lowest BCUT2D eigenvalue weighted by molar-refractivity contribution is 0.0691. The molecular weight excluding hydrogens is 261 g/mol. The summed E-state index contributed by atoms with van der Waals surface area (Å²) in [6.07, 6.45) is 1.13. The topological polar surface area (TPSA) is 76.2 Å². The molecule has 0 aliphatic heterocycles. The maximum Gasteiger partial charge on any atom is 0.355 e. The number of nitrogen functional groups attached to an aromatic ring is 1. The summed E-state index contributed by atoms with van der Waals surface area (Å²) < 4.78 is 39.7. The van der Waals surface area contributed by atoms with Crippen molar-refractivity contribution in [2.75, 3.05) is 5.73 Å². The number of anilines is 1. The van der Waals surface area contributed by atoms with Crippen LogP contribution < -0.4 is 5.73 Å². The van der Waals surface area contributed by atoms with E-state index in [0.717, 1.165) is 12.3 Å². The predicted octanol–water partition coefficient (Wildman–Crippen LogP) is 2.45. The number of carboxylic acids is 1. The van der Waals surface area contributed by atoms with Crippen LogP contribution in [0.2, 0.25) is 0 Å². The predicted molar refractivity (Wildman–Crippen MR) is 60.9 cm³/mol. The van der Waals surface area contributed by atoms with E-state index < -0.39 is 34.7 Å². The number of nitrogens with two attached hydrogens (primary N) is 1.